The number of anilines is 2. The molecule has 0 radical (unpaired) electrons. The van der Waals surface area contributed by atoms with Crippen LogP contribution in [0.15, 0.2) is 0 Å². The largest absolute Gasteiger partial charge is 0.395 e. The van der Waals surface area contributed by atoms with Gasteiger partial charge in [0.15, 0.2) is 5.13 Å². The maximum absolute atomic E-state index is 12.5. The van der Waals surface area contributed by atoms with E-state index in [4.69, 9.17) is 10.8 Å². The van der Waals surface area contributed by atoms with Crippen molar-refractivity contribution in [3.63, 3.8) is 0 Å². The van der Waals surface area contributed by atoms with E-state index in [-0.39, 0.29) is 18.6 Å². The number of carbonyl (C=O) groups is 1. The van der Waals surface area contributed by atoms with Crippen LogP contribution in [-0.2, 0) is 0 Å². The maximum Gasteiger partial charge on any atom is 0.268 e. The molecule has 1 aromatic rings. The molecule has 1 fully saturated rings. The van der Waals surface area contributed by atoms with Crippen molar-refractivity contribution >= 4 is 28.2 Å². The molecule has 3 N–H and O–H groups in total. The van der Waals surface area contributed by atoms with Crippen molar-refractivity contribution in [3.8, 4) is 0 Å². The second-order valence-electron chi connectivity index (χ2n) is 4.84. The summed E-state index contributed by atoms with van der Waals surface area (Å²) in [5, 5.41) is 9.89. The average molecular weight is 298 g/mol. The van der Waals surface area contributed by atoms with Gasteiger partial charge in [-0.15, -0.1) is 0 Å². The van der Waals surface area contributed by atoms with Crippen LogP contribution in [-0.4, -0.2) is 53.2 Å². The lowest BCUT2D eigenvalue weighted by Gasteiger charge is -2.20. The first kappa shape index (κ1) is 15.1. The summed E-state index contributed by atoms with van der Waals surface area (Å²) in [6, 6.07) is 0.257. The fourth-order valence-electron chi connectivity index (χ4n) is 2.18. The SMILES string of the molecule is CCN(CC)c1nc(N)c(C(=O)N(CCO)C2CC2)s1. The zero-order chi connectivity index (χ0) is 14.7. The molecule has 1 heterocycles. The minimum atomic E-state index is -0.102. The van der Waals surface area contributed by atoms with Crippen molar-refractivity contribution in [2.45, 2.75) is 32.7 Å². The zero-order valence-electron chi connectivity index (χ0n) is 12.0. The number of nitrogens with two attached hydrogens (primary N) is 1. The Labute approximate surface area is 123 Å². The van der Waals surface area contributed by atoms with E-state index in [0.29, 0.717) is 17.2 Å². The van der Waals surface area contributed by atoms with Gasteiger partial charge in [-0.2, -0.15) is 0 Å². The van der Waals surface area contributed by atoms with Gasteiger partial charge >= 0.3 is 0 Å². The van der Waals surface area contributed by atoms with Crippen molar-refractivity contribution in [2.75, 3.05) is 36.9 Å². The van der Waals surface area contributed by atoms with Gasteiger partial charge in [-0.3, -0.25) is 4.79 Å². The van der Waals surface area contributed by atoms with E-state index >= 15 is 0 Å². The molecule has 0 unspecified atom stereocenters. The van der Waals surface area contributed by atoms with Gasteiger partial charge in [0.1, 0.15) is 10.7 Å². The van der Waals surface area contributed by atoms with Crippen molar-refractivity contribution in [1.29, 1.82) is 0 Å². The van der Waals surface area contributed by atoms with Gasteiger partial charge in [0, 0.05) is 25.7 Å². The smallest absolute Gasteiger partial charge is 0.268 e. The molecule has 1 aliphatic rings. The summed E-state index contributed by atoms with van der Waals surface area (Å²) in [6.07, 6.45) is 2.01. The number of aromatic nitrogens is 1. The molecular formula is C13H22N4O2S. The lowest BCUT2D eigenvalue weighted by Crippen LogP contribution is -2.35. The molecule has 1 aromatic heterocycles. The third kappa shape index (κ3) is 3.04. The predicted octanol–water partition coefficient (Wildman–Crippen LogP) is 1.17. The van der Waals surface area contributed by atoms with E-state index in [2.05, 4.69) is 9.88 Å². The van der Waals surface area contributed by atoms with Crippen molar-refractivity contribution < 1.29 is 9.90 Å². The van der Waals surface area contributed by atoms with E-state index in [1.54, 1.807) is 4.90 Å². The summed E-state index contributed by atoms with van der Waals surface area (Å²) >= 11 is 1.34. The quantitative estimate of drug-likeness (QED) is 0.789. The van der Waals surface area contributed by atoms with Crippen LogP contribution >= 0.6 is 11.3 Å². The summed E-state index contributed by atoms with van der Waals surface area (Å²) in [5.74, 6) is 0.195. The Balaban J connectivity index is 2.20. The standard InChI is InChI=1S/C13H22N4O2S/c1-3-16(4-2)13-15-11(14)10(20-13)12(19)17(7-8-18)9-5-6-9/h9,18H,3-8,14H2,1-2H3. The molecule has 1 aliphatic carbocycles. The first-order valence-electron chi connectivity index (χ1n) is 7.05. The average Bonchev–Trinajstić information content (AvgIpc) is 3.20. The number of amides is 1. The highest BCUT2D eigenvalue weighted by atomic mass is 32.1. The Morgan fingerprint density at radius 1 is 1.45 bits per heavy atom. The number of hydrogen-bond acceptors (Lipinski definition) is 6. The molecule has 6 nitrogen and oxygen atoms in total. The monoisotopic (exact) mass is 298 g/mol. The number of nitrogen functional groups attached to an aromatic ring is 1. The van der Waals surface area contributed by atoms with Gasteiger partial charge in [0.2, 0.25) is 0 Å². The molecule has 112 valence electrons. The molecular weight excluding hydrogens is 276 g/mol. The number of rotatable bonds is 7. The second kappa shape index (κ2) is 6.41. The summed E-state index contributed by atoms with van der Waals surface area (Å²) in [5.41, 5.74) is 5.91. The Morgan fingerprint density at radius 3 is 2.60 bits per heavy atom. The van der Waals surface area contributed by atoms with Crippen LogP contribution in [0.3, 0.4) is 0 Å². The first-order chi connectivity index (χ1) is 9.62. The van der Waals surface area contributed by atoms with Gasteiger partial charge in [-0.05, 0) is 26.7 Å². The lowest BCUT2D eigenvalue weighted by molar-refractivity contribution is 0.0713. The van der Waals surface area contributed by atoms with Crippen molar-refractivity contribution in [1.82, 2.24) is 9.88 Å². The zero-order valence-corrected chi connectivity index (χ0v) is 12.8. The molecule has 1 amide bonds. The van der Waals surface area contributed by atoms with Crippen LogP contribution in [0.2, 0.25) is 0 Å². The highest BCUT2D eigenvalue weighted by molar-refractivity contribution is 7.18. The van der Waals surface area contributed by atoms with Gasteiger partial charge in [0.05, 0.1) is 6.61 Å². The fraction of sp³-hybridized carbons (Fsp3) is 0.692. The number of carbonyl (C=O) groups excluding carboxylic acids is 1. The predicted molar refractivity (Wildman–Crippen MR) is 81.2 cm³/mol. The summed E-state index contributed by atoms with van der Waals surface area (Å²) in [7, 11) is 0. The Kier molecular flexibility index (Phi) is 4.82. The number of aliphatic hydroxyl groups is 1. The van der Waals surface area contributed by atoms with Gasteiger partial charge < -0.3 is 20.6 Å². The summed E-state index contributed by atoms with van der Waals surface area (Å²) in [6.45, 7) is 6.10. The fourth-order valence-corrected chi connectivity index (χ4v) is 3.25. The van der Waals surface area contributed by atoms with E-state index in [1.807, 2.05) is 13.8 Å². The number of nitrogens with zero attached hydrogens (tertiary/aromatic N) is 3. The van der Waals surface area contributed by atoms with Gasteiger partial charge in [-0.25, -0.2) is 4.98 Å². The highest BCUT2D eigenvalue weighted by Crippen LogP contribution is 2.33. The third-order valence-electron chi connectivity index (χ3n) is 3.46. The molecule has 0 bridgehead atoms. The molecule has 1 saturated carbocycles. The van der Waals surface area contributed by atoms with Crippen LogP contribution in [0.1, 0.15) is 36.4 Å². The molecule has 0 aliphatic heterocycles. The summed E-state index contributed by atoms with van der Waals surface area (Å²) in [4.78, 5) is 21.1. The van der Waals surface area contributed by atoms with Crippen LogP contribution in [0.25, 0.3) is 0 Å². The molecule has 2 rings (SSSR count). The Morgan fingerprint density at radius 2 is 2.10 bits per heavy atom. The van der Waals surface area contributed by atoms with Crippen molar-refractivity contribution in [3.05, 3.63) is 4.88 Å². The first-order valence-corrected chi connectivity index (χ1v) is 7.87. The van der Waals surface area contributed by atoms with Crippen LogP contribution in [0.4, 0.5) is 10.9 Å². The van der Waals surface area contributed by atoms with Crippen LogP contribution in [0.5, 0.6) is 0 Å². The number of thiazole rings is 1. The molecule has 0 aromatic carbocycles. The van der Waals surface area contributed by atoms with Crippen molar-refractivity contribution in [2.24, 2.45) is 0 Å². The number of hydrogen-bond donors (Lipinski definition) is 2. The number of aliphatic hydroxyl groups excluding tert-OH is 1. The topological polar surface area (TPSA) is 82.7 Å². The van der Waals surface area contributed by atoms with E-state index in [1.165, 1.54) is 11.3 Å². The Bertz CT molecular complexity index is 469. The maximum atomic E-state index is 12.5. The molecule has 0 spiro atoms. The van der Waals surface area contributed by atoms with E-state index < -0.39 is 0 Å². The van der Waals surface area contributed by atoms with Crippen LogP contribution < -0.4 is 10.6 Å². The van der Waals surface area contributed by atoms with Crippen LogP contribution in [0, 0.1) is 0 Å². The lowest BCUT2D eigenvalue weighted by atomic mass is 10.3. The van der Waals surface area contributed by atoms with E-state index in [9.17, 15) is 4.79 Å². The minimum Gasteiger partial charge on any atom is -0.395 e. The molecule has 20 heavy (non-hydrogen) atoms. The molecule has 7 heteroatoms. The Hall–Kier alpha value is -1.34. The van der Waals surface area contributed by atoms with Gasteiger partial charge in [-0.1, -0.05) is 11.3 Å². The molecule has 0 atom stereocenters. The highest BCUT2D eigenvalue weighted by Gasteiger charge is 2.34. The summed E-state index contributed by atoms with van der Waals surface area (Å²) < 4.78 is 0. The molecule has 0 saturated heterocycles. The normalized spacial score (nSPS) is 14.3. The minimum absolute atomic E-state index is 0.0240. The second-order valence-corrected chi connectivity index (χ2v) is 5.81. The van der Waals surface area contributed by atoms with Gasteiger partial charge in [0.25, 0.3) is 5.91 Å². The van der Waals surface area contributed by atoms with E-state index in [0.717, 1.165) is 31.1 Å². The third-order valence-corrected chi connectivity index (χ3v) is 4.58.